The van der Waals surface area contributed by atoms with E-state index in [1.165, 1.54) is 12.1 Å². The van der Waals surface area contributed by atoms with Crippen LogP contribution in [-0.2, 0) is 14.3 Å². The summed E-state index contributed by atoms with van der Waals surface area (Å²) in [6, 6.07) is 1.68. The molecule has 1 amide bonds. The third kappa shape index (κ3) is 3.15. The zero-order valence-corrected chi connectivity index (χ0v) is 13.7. The molecule has 1 aliphatic heterocycles. The molecule has 9 heteroatoms. The molecule has 130 valence electrons. The first-order chi connectivity index (χ1) is 11.4. The summed E-state index contributed by atoms with van der Waals surface area (Å²) >= 11 is 0. The van der Waals surface area contributed by atoms with Crippen LogP contribution in [0.4, 0.5) is 11.6 Å². The average Bonchev–Trinajstić information content (AvgIpc) is 2.56. The van der Waals surface area contributed by atoms with Crippen LogP contribution in [0, 0.1) is 10.1 Å². The third-order valence-electron chi connectivity index (χ3n) is 3.65. The second-order valence-corrected chi connectivity index (χ2v) is 5.15. The second kappa shape index (κ2) is 7.24. The lowest BCUT2D eigenvalue weighted by atomic mass is 10.1. The van der Waals surface area contributed by atoms with Gasteiger partial charge >= 0.3 is 11.8 Å². The lowest BCUT2D eigenvalue weighted by Crippen LogP contribution is -2.54. The summed E-state index contributed by atoms with van der Waals surface area (Å²) in [6.45, 7) is 5.33. The standard InChI is InChI=1S/C15H19N3O6/c1-4-9(15(20)23-6-3)17-13-11(24-10(5-2)14(17)19)7-8-12(16-13)18(21)22/h7-10H,4-6H2,1-3H3. The molecule has 1 aromatic heterocycles. The third-order valence-corrected chi connectivity index (χ3v) is 3.65. The van der Waals surface area contributed by atoms with Crippen LogP contribution in [0.25, 0.3) is 0 Å². The minimum Gasteiger partial charge on any atom is -0.474 e. The van der Waals surface area contributed by atoms with Gasteiger partial charge in [0.15, 0.2) is 11.9 Å². The Morgan fingerprint density at radius 1 is 1.46 bits per heavy atom. The number of aromatic nitrogens is 1. The van der Waals surface area contributed by atoms with Crippen molar-refractivity contribution < 1.29 is 24.0 Å². The minimum atomic E-state index is -0.913. The number of fused-ring (bicyclic) bond motifs is 1. The molecule has 0 aliphatic carbocycles. The van der Waals surface area contributed by atoms with Crippen LogP contribution in [-0.4, -0.2) is 40.5 Å². The van der Waals surface area contributed by atoms with E-state index in [0.29, 0.717) is 6.42 Å². The first-order valence-corrected chi connectivity index (χ1v) is 7.76. The number of ether oxygens (including phenoxy) is 2. The maximum atomic E-state index is 12.7. The first-order valence-electron chi connectivity index (χ1n) is 7.76. The summed E-state index contributed by atoms with van der Waals surface area (Å²) in [5.74, 6) is -1.26. The van der Waals surface area contributed by atoms with Crippen LogP contribution in [0.3, 0.4) is 0 Å². The fraction of sp³-hybridized carbons (Fsp3) is 0.533. The number of carbonyl (C=O) groups is 2. The van der Waals surface area contributed by atoms with E-state index in [-0.39, 0.29) is 24.6 Å². The van der Waals surface area contributed by atoms with E-state index in [4.69, 9.17) is 9.47 Å². The lowest BCUT2D eigenvalue weighted by molar-refractivity contribution is -0.389. The van der Waals surface area contributed by atoms with Gasteiger partial charge in [-0.05, 0) is 35.7 Å². The maximum Gasteiger partial charge on any atom is 0.366 e. The van der Waals surface area contributed by atoms with E-state index in [1.807, 2.05) is 0 Å². The van der Waals surface area contributed by atoms with E-state index in [2.05, 4.69) is 4.98 Å². The van der Waals surface area contributed by atoms with Crippen LogP contribution in [0.1, 0.15) is 33.6 Å². The fourth-order valence-electron chi connectivity index (χ4n) is 2.51. The van der Waals surface area contributed by atoms with Gasteiger partial charge in [0.2, 0.25) is 0 Å². The molecular weight excluding hydrogens is 318 g/mol. The number of carbonyl (C=O) groups excluding carboxylic acids is 2. The number of nitrogens with zero attached hydrogens (tertiary/aromatic N) is 3. The van der Waals surface area contributed by atoms with Crippen LogP contribution in [0.5, 0.6) is 5.75 Å². The monoisotopic (exact) mass is 337 g/mol. The number of esters is 1. The number of nitro groups is 1. The molecule has 1 aromatic rings. The van der Waals surface area contributed by atoms with Crippen molar-refractivity contribution in [3.8, 4) is 5.75 Å². The topological polar surface area (TPSA) is 112 Å². The molecule has 0 radical (unpaired) electrons. The summed E-state index contributed by atoms with van der Waals surface area (Å²) in [5, 5.41) is 11.0. The molecule has 0 saturated carbocycles. The number of anilines is 1. The first kappa shape index (κ1) is 17.6. The molecule has 0 saturated heterocycles. The van der Waals surface area contributed by atoms with Gasteiger partial charge in [0.05, 0.1) is 6.61 Å². The number of pyridine rings is 1. The zero-order chi connectivity index (χ0) is 17.9. The predicted molar refractivity (Wildman–Crippen MR) is 83.8 cm³/mol. The summed E-state index contributed by atoms with van der Waals surface area (Å²) in [6.07, 6.45) is -0.0974. The molecule has 24 heavy (non-hydrogen) atoms. The quantitative estimate of drug-likeness (QED) is 0.442. The van der Waals surface area contributed by atoms with Gasteiger partial charge in [-0.15, -0.1) is 0 Å². The van der Waals surface area contributed by atoms with Gasteiger partial charge in [0.25, 0.3) is 11.7 Å². The van der Waals surface area contributed by atoms with Crippen molar-refractivity contribution in [3.05, 3.63) is 22.2 Å². The Labute approximate surface area is 138 Å². The predicted octanol–water partition coefficient (Wildman–Crippen LogP) is 1.84. The summed E-state index contributed by atoms with van der Waals surface area (Å²) < 4.78 is 10.6. The van der Waals surface area contributed by atoms with E-state index in [1.54, 1.807) is 20.8 Å². The molecule has 0 fully saturated rings. The zero-order valence-electron chi connectivity index (χ0n) is 13.7. The fourth-order valence-corrected chi connectivity index (χ4v) is 2.51. The van der Waals surface area contributed by atoms with Gasteiger partial charge in [-0.1, -0.05) is 13.8 Å². The Balaban J connectivity index is 2.55. The van der Waals surface area contributed by atoms with Crippen molar-refractivity contribution in [2.24, 2.45) is 0 Å². The van der Waals surface area contributed by atoms with E-state index in [9.17, 15) is 19.7 Å². The summed E-state index contributed by atoms with van der Waals surface area (Å²) in [4.78, 5) is 40.3. The van der Waals surface area contributed by atoms with Crippen molar-refractivity contribution >= 4 is 23.5 Å². The lowest BCUT2D eigenvalue weighted by Gasteiger charge is -2.34. The van der Waals surface area contributed by atoms with Crippen molar-refractivity contribution in [3.63, 3.8) is 0 Å². The van der Waals surface area contributed by atoms with Gasteiger partial charge in [-0.3, -0.25) is 9.69 Å². The van der Waals surface area contributed by atoms with Crippen LogP contribution in [0.15, 0.2) is 12.1 Å². The highest BCUT2D eigenvalue weighted by atomic mass is 16.6. The summed E-state index contributed by atoms with van der Waals surface area (Å²) in [7, 11) is 0. The molecule has 0 N–H and O–H groups in total. The molecule has 0 bridgehead atoms. The average molecular weight is 337 g/mol. The molecule has 2 heterocycles. The Morgan fingerprint density at radius 2 is 2.17 bits per heavy atom. The molecule has 2 rings (SSSR count). The highest BCUT2D eigenvalue weighted by Crippen LogP contribution is 2.36. The highest BCUT2D eigenvalue weighted by molar-refractivity contribution is 6.03. The van der Waals surface area contributed by atoms with Gasteiger partial charge < -0.3 is 19.6 Å². The van der Waals surface area contributed by atoms with E-state index >= 15 is 0 Å². The normalized spacial score (nSPS) is 17.7. The number of amides is 1. The van der Waals surface area contributed by atoms with Crippen LogP contribution >= 0.6 is 0 Å². The van der Waals surface area contributed by atoms with Crippen molar-refractivity contribution in [2.75, 3.05) is 11.5 Å². The minimum absolute atomic E-state index is 0.0289. The molecular formula is C15H19N3O6. The molecule has 0 aromatic carbocycles. The van der Waals surface area contributed by atoms with Gasteiger partial charge in [0.1, 0.15) is 6.04 Å². The number of hydrogen-bond acceptors (Lipinski definition) is 7. The Hall–Kier alpha value is -2.71. The Bertz CT molecular complexity index is 663. The van der Waals surface area contributed by atoms with Crippen LogP contribution < -0.4 is 9.64 Å². The Kier molecular flexibility index (Phi) is 5.32. The Morgan fingerprint density at radius 3 is 2.71 bits per heavy atom. The molecule has 1 aliphatic rings. The van der Waals surface area contributed by atoms with Crippen molar-refractivity contribution in [2.45, 2.75) is 45.8 Å². The van der Waals surface area contributed by atoms with Gasteiger partial charge in [-0.2, -0.15) is 0 Å². The SMILES string of the molecule is CCOC(=O)C(CC)N1C(=O)C(CC)Oc2ccc([N+](=O)[O-])nc21. The molecule has 9 nitrogen and oxygen atoms in total. The number of rotatable bonds is 6. The van der Waals surface area contributed by atoms with E-state index < -0.39 is 34.8 Å². The largest absolute Gasteiger partial charge is 0.474 e. The van der Waals surface area contributed by atoms with E-state index in [0.717, 1.165) is 4.90 Å². The molecule has 2 atom stereocenters. The molecule has 0 spiro atoms. The molecule has 2 unspecified atom stereocenters. The smallest absolute Gasteiger partial charge is 0.366 e. The highest BCUT2D eigenvalue weighted by Gasteiger charge is 2.44. The second-order valence-electron chi connectivity index (χ2n) is 5.15. The number of hydrogen-bond donors (Lipinski definition) is 0. The maximum absolute atomic E-state index is 12.7. The van der Waals surface area contributed by atoms with Crippen molar-refractivity contribution in [1.82, 2.24) is 4.98 Å². The van der Waals surface area contributed by atoms with Crippen molar-refractivity contribution in [1.29, 1.82) is 0 Å². The van der Waals surface area contributed by atoms with Gasteiger partial charge in [0, 0.05) is 6.07 Å². The summed E-state index contributed by atoms with van der Waals surface area (Å²) in [5.41, 5.74) is 0. The van der Waals surface area contributed by atoms with Gasteiger partial charge in [-0.25, -0.2) is 4.79 Å². The van der Waals surface area contributed by atoms with Crippen LogP contribution in [0.2, 0.25) is 0 Å².